The molecule has 0 saturated carbocycles. The van der Waals surface area contributed by atoms with E-state index in [-0.39, 0.29) is 0 Å². The summed E-state index contributed by atoms with van der Waals surface area (Å²) in [5.74, 6) is 0. The lowest BCUT2D eigenvalue weighted by atomic mass is 10.2. The van der Waals surface area contributed by atoms with Crippen LogP contribution in [0.1, 0.15) is 36.0 Å². The van der Waals surface area contributed by atoms with E-state index < -0.39 is 8.80 Å². The van der Waals surface area contributed by atoms with Gasteiger partial charge in [-0.3, -0.25) is 0 Å². The van der Waals surface area contributed by atoms with Crippen LogP contribution in [0.15, 0.2) is 72.8 Å². The number of hydrogen-bond donors (Lipinski definition) is 0. The van der Waals surface area contributed by atoms with E-state index in [4.69, 9.17) is 4.74 Å². The van der Waals surface area contributed by atoms with Crippen molar-refractivity contribution in [2.45, 2.75) is 58.9 Å². The molecule has 2 heteroatoms. The van der Waals surface area contributed by atoms with Gasteiger partial charge in [0.2, 0.25) is 0 Å². The second kappa shape index (κ2) is 16.6. The Balaban J connectivity index is 0.000000201. The molecule has 1 aliphatic rings. The SMILES string of the molecule is C[SiH](C)C1CCCCO1.Cc1cc[c]cc1.Cc1cc[c]cc1.Cc1cc[c]cc1. The molecular weight excluding hydrogens is 380 g/mol. The van der Waals surface area contributed by atoms with Crippen LogP contribution in [-0.2, 0) is 4.74 Å². The number of hydrogen-bond acceptors (Lipinski definition) is 1. The monoisotopic (exact) mass is 417 g/mol. The minimum absolute atomic E-state index is 0.474. The predicted molar refractivity (Wildman–Crippen MR) is 133 cm³/mol. The molecule has 0 bridgehead atoms. The summed E-state index contributed by atoms with van der Waals surface area (Å²) in [7, 11) is -0.474. The zero-order valence-electron chi connectivity index (χ0n) is 19.3. The minimum Gasteiger partial charge on any atom is -0.382 e. The van der Waals surface area contributed by atoms with Crippen LogP contribution in [0.25, 0.3) is 0 Å². The zero-order valence-corrected chi connectivity index (χ0v) is 20.5. The van der Waals surface area contributed by atoms with Gasteiger partial charge in [-0.2, -0.15) is 0 Å². The van der Waals surface area contributed by atoms with E-state index in [9.17, 15) is 0 Å². The second-order valence-electron chi connectivity index (χ2n) is 7.88. The van der Waals surface area contributed by atoms with E-state index in [0.717, 1.165) is 6.61 Å². The van der Waals surface area contributed by atoms with Crippen molar-refractivity contribution >= 4 is 8.80 Å². The maximum Gasteiger partial charge on any atom is 0.0656 e. The summed E-state index contributed by atoms with van der Waals surface area (Å²) < 4.78 is 5.60. The third-order valence-electron chi connectivity index (χ3n) is 4.61. The minimum atomic E-state index is -0.474. The van der Waals surface area contributed by atoms with Crippen LogP contribution in [0, 0.1) is 39.0 Å². The summed E-state index contributed by atoms with van der Waals surface area (Å²) in [5.41, 5.74) is 4.56. The molecule has 30 heavy (non-hydrogen) atoms. The van der Waals surface area contributed by atoms with Crippen molar-refractivity contribution in [3.63, 3.8) is 0 Å². The van der Waals surface area contributed by atoms with E-state index in [1.807, 2.05) is 72.8 Å². The van der Waals surface area contributed by atoms with Gasteiger partial charge in [-0.15, -0.1) is 0 Å². The fraction of sp³-hybridized carbons (Fsp3) is 0.357. The Morgan fingerprint density at radius 2 is 1.03 bits per heavy atom. The molecule has 0 N–H and O–H groups in total. The third-order valence-corrected chi connectivity index (χ3v) is 6.63. The summed E-state index contributed by atoms with van der Waals surface area (Å²) >= 11 is 0. The second-order valence-corrected chi connectivity index (χ2v) is 11.1. The fourth-order valence-electron chi connectivity index (χ4n) is 2.70. The largest absolute Gasteiger partial charge is 0.382 e. The summed E-state index contributed by atoms with van der Waals surface area (Å²) in [5, 5.41) is 0. The van der Waals surface area contributed by atoms with E-state index in [2.05, 4.69) is 52.1 Å². The Hall–Kier alpha value is -2.16. The van der Waals surface area contributed by atoms with E-state index in [0.29, 0.717) is 5.73 Å². The first kappa shape index (κ1) is 25.9. The van der Waals surface area contributed by atoms with Crippen molar-refractivity contribution in [1.29, 1.82) is 0 Å². The van der Waals surface area contributed by atoms with Crippen LogP contribution < -0.4 is 0 Å². The van der Waals surface area contributed by atoms with Crippen molar-refractivity contribution < 1.29 is 4.74 Å². The van der Waals surface area contributed by atoms with Gasteiger partial charge in [0, 0.05) is 12.3 Å². The van der Waals surface area contributed by atoms with Crippen molar-refractivity contribution in [3.05, 3.63) is 108 Å². The first-order valence-electron chi connectivity index (χ1n) is 10.9. The van der Waals surface area contributed by atoms with E-state index in [1.165, 1.54) is 36.0 Å². The van der Waals surface area contributed by atoms with Gasteiger partial charge in [0.15, 0.2) is 0 Å². The number of rotatable bonds is 1. The maximum absolute atomic E-state index is 5.60. The Labute approximate surface area is 186 Å². The molecule has 1 aliphatic heterocycles. The van der Waals surface area contributed by atoms with Crippen molar-refractivity contribution in [2.75, 3.05) is 6.61 Å². The van der Waals surface area contributed by atoms with Crippen LogP contribution in [0.2, 0.25) is 13.1 Å². The normalized spacial score (nSPS) is 14.8. The molecule has 1 unspecified atom stereocenters. The van der Waals surface area contributed by atoms with Gasteiger partial charge in [0.1, 0.15) is 0 Å². The van der Waals surface area contributed by atoms with Gasteiger partial charge in [0.05, 0.1) is 8.80 Å². The van der Waals surface area contributed by atoms with Gasteiger partial charge in [-0.25, -0.2) is 0 Å². The van der Waals surface area contributed by atoms with Gasteiger partial charge >= 0.3 is 0 Å². The Morgan fingerprint density at radius 1 is 0.667 bits per heavy atom. The Bertz CT molecular complexity index is 646. The highest BCUT2D eigenvalue weighted by Crippen LogP contribution is 2.14. The quantitative estimate of drug-likeness (QED) is 0.389. The van der Waals surface area contributed by atoms with Crippen LogP contribution in [0.3, 0.4) is 0 Å². The lowest BCUT2D eigenvalue weighted by molar-refractivity contribution is 0.0631. The van der Waals surface area contributed by atoms with Gasteiger partial charge in [-0.1, -0.05) is 103 Å². The summed E-state index contributed by atoms with van der Waals surface area (Å²) in [6.07, 6.45) is 4.03. The van der Waals surface area contributed by atoms with Crippen LogP contribution in [-0.4, -0.2) is 21.1 Å². The molecule has 0 spiro atoms. The van der Waals surface area contributed by atoms with Crippen LogP contribution in [0.4, 0.5) is 0 Å². The standard InChI is InChI=1S/C7H16OSi.3C7H7/c1-9(2)7-5-3-4-6-8-7;3*1-7-5-3-2-4-6-7/h7,9H,3-6H2,1-2H3;3*3-6H,1H3. The maximum atomic E-state index is 5.60. The first-order valence-corrected chi connectivity index (χ1v) is 13.9. The molecule has 0 aromatic heterocycles. The van der Waals surface area contributed by atoms with Crippen LogP contribution in [0.5, 0.6) is 0 Å². The fourth-order valence-corrected chi connectivity index (χ4v) is 4.13. The molecule has 0 amide bonds. The average Bonchev–Trinajstić information content (AvgIpc) is 2.77. The zero-order chi connectivity index (χ0) is 22.0. The van der Waals surface area contributed by atoms with Crippen molar-refractivity contribution in [3.8, 4) is 0 Å². The molecule has 159 valence electrons. The van der Waals surface area contributed by atoms with Crippen LogP contribution >= 0.6 is 0 Å². The molecule has 0 aliphatic carbocycles. The topological polar surface area (TPSA) is 9.23 Å². The average molecular weight is 418 g/mol. The Morgan fingerprint density at radius 3 is 1.20 bits per heavy atom. The number of ether oxygens (including phenoxy) is 1. The third kappa shape index (κ3) is 13.9. The van der Waals surface area contributed by atoms with Gasteiger partial charge in [0.25, 0.3) is 0 Å². The molecule has 1 nitrogen and oxygen atoms in total. The molecule has 1 atom stereocenters. The molecule has 3 radical (unpaired) electrons. The predicted octanol–water partition coefficient (Wildman–Crippen LogP) is 6.97. The van der Waals surface area contributed by atoms with Crippen molar-refractivity contribution in [2.24, 2.45) is 0 Å². The molecule has 1 saturated heterocycles. The Kier molecular flexibility index (Phi) is 14.3. The number of benzene rings is 3. The smallest absolute Gasteiger partial charge is 0.0656 e. The van der Waals surface area contributed by atoms with E-state index >= 15 is 0 Å². The molecule has 4 rings (SSSR count). The van der Waals surface area contributed by atoms with Gasteiger partial charge in [-0.05, 0) is 58.2 Å². The van der Waals surface area contributed by atoms with Gasteiger partial charge < -0.3 is 4.74 Å². The molecule has 3 aromatic rings. The summed E-state index contributed by atoms with van der Waals surface area (Å²) in [6, 6.07) is 32.4. The number of aryl methyl sites for hydroxylation is 3. The molecule has 3 aromatic carbocycles. The summed E-state index contributed by atoms with van der Waals surface area (Å²) in [6.45, 7) is 12.0. The van der Waals surface area contributed by atoms with Crippen molar-refractivity contribution in [1.82, 2.24) is 0 Å². The summed E-state index contributed by atoms with van der Waals surface area (Å²) in [4.78, 5) is 0. The lowest BCUT2D eigenvalue weighted by Gasteiger charge is -2.24. The lowest BCUT2D eigenvalue weighted by Crippen LogP contribution is -2.31. The highest BCUT2D eigenvalue weighted by atomic mass is 28.3. The molecular formula is C28H37OSi. The molecule has 1 fully saturated rings. The molecule has 1 heterocycles. The highest BCUT2D eigenvalue weighted by molar-refractivity contribution is 6.57. The highest BCUT2D eigenvalue weighted by Gasteiger charge is 2.17. The first-order chi connectivity index (χ1) is 14.5. The van der Waals surface area contributed by atoms with E-state index in [1.54, 1.807) is 0 Å².